The average Bonchev–Trinajstić information content (AvgIpc) is 3.15. The van der Waals surface area contributed by atoms with Crippen molar-refractivity contribution in [2.75, 3.05) is 13.7 Å². The van der Waals surface area contributed by atoms with Crippen LogP contribution in [0, 0.1) is 0 Å². The van der Waals surface area contributed by atoms with Gasteiger partial charge in [-0.1, -0.05) is 13.8 Å². The first-order valence-corrected chi connectivity index (χ1v) is 7.09. The molecule has 0 saturated heterocycles. The highest BCUT2D eigenvalue weighted by Gasteiger charge is 2.22. The first-order valence-electron chi connectivity index (χ1n) is 7.09. The number of rotatable bonds is 8. The van der Waals surface area contributed by atoms with Gasteiger partial charge in [0.25, 0.3) is 0 Å². The summed E-state index contributed by atoms with van der Waals surface area (Å²) < 4.78 is 7.29. The Morgan fingerprint density at radius 2 is 2.11 bits per heavy atom. The van der Waals surface area contributed by atoms with Crippen molar-refractivity contribution in [1.29, 1.82) is 0 Å². The van der Waals surface area contributed by atoms with Gasteiger partial charge < -0.3 is 10.1 Å². The molecule has 1 aliphatic rings. The summed E-state index contributed by atoms with van der Waals surface area (Å²) >= 11 is 0. The Kier molecular flexibility index (Phi) is 4.78. The molecule has 1 aromatic rings. The van der Waals surface area contributed by atoms with Crippen molar-refractivity contribution < 1.29 is 4.74 Å². The summed E-state index contributed by atoms with van der Waals surface area (Å²) in [5.74, 6) is 0. The zero-order chi connectivity index (χ0) is 13.0. The molecule has 0 aliphatic heterocycles. The molecule has 18 heavy (non-hydrogen) atoms. The second-order valence-corrected chi connectivity index (χ2v) is 4.95. The Bertz CT molecular complexity index is 383. The summed E-state index contributed by atoms with van der Waals surface area (Å²) in [6.45, 7) is 6.96. The molecular weight excluding hydrogens is 226 g/mol. The zero-order valence-corrected chi connectivity index (χ0v) is 11.8. The highest BCUT2D eigenvalue weighted by Crippen LogP contribution is 2.22. The van der Waals surface area contributed by atoms with Crippen LogP contribution in [0.4, 0.5) is 0 Å². The first-order chi connectivity index (χ1) is 8.80. The lowest BCUT2D eigenvalue weighted by molar-refractivity contribution is 0.182. The minimum Gasteiger partial charge on any atom is -0.383 e. The van der Waals surface area contributed by atoms with Gasteiger partial charge >= 0.3 is 0 Å². The van der Waals surface area contributed by atoms with Crippen LogP contribution in [0.1, 0.15) is 43.6 Å². The summed E-state index contributed by atoms with van der Waals surface area (Å²) in [5.41, 5.74) is 4.04. The third-order valence-corrected chi connectivity index (χ3v) is 3.57. The van der Waals surface area contributed by atoms with Crippen LogP contribution in [0.15, 0.2) is 0 Å². The second-order valence-electron chi connectivity index (χ2n) is 4.95. The molecule has 1 aromatic heterocycles. The largest absolute Gasteiger partial charge is 0.383 e. The molecule has 0 radical (unpaired) electrons. The van der Waals surface area contributed by atoms with Gasteiger partial charge in [-0.2, -0.15) is 5.10 Å². The second kappa shape index (κ2) is 6.34. The zero-order valence-electron chi connectivity index (χ0n) is 11.8. The Labute approximate surface area is 110 Å². The van der Waals surface area contributed by atoms with Gasteiger partial charge in [-0.15, -0.1) is 0 Å². The topological polar surface area (TPSA) is 39.1 Å². The summed E-state index contributed by atoms with van der Waals surface area (Å²) in [6, 6.07) is 0.752. The van der Waals surface area contributed by atoms with E-state index in [9.17, 15) is 0 Å². The molecule has 0 unspecified atom stereocenters. The van der Waals surface area contributed by atoms with Crippen molar-refractivity contribution in [3.05, 3.63) is 17.0 Å². The molecule has 0 amide bonds. The minimum atomic E-state index is 0.729. The van der Waals surface area contributed by atoms with Gasteiger partial charge in [-0.25, -0.2) is 0 Å². The number of nitrogens with zero attached hydrogens (tertiary/aromatic N) is 2. The monoisotopic (exact) mass is 251 g/mol. The molecule has 102 valence electrons. The number of hydrogen-bond donors (Lipinski definition) is 1. The third kappa shape index (κ3) is 3.12. The Morgan fingerprint density at radius 3 is 2.67 bits per heavy atom. The maximum absolute atomic E-state index is 5.16. The average molecular weight is 251 g/mol. The van der Waals surface area contributed by atoms with E-state index in [2.05, 4.69) is 23.8 Å². The number of aromatic nitrogens is 2. The molecule has 1 heterocycles. The number of methoxy groups -OCH3 is 1. The standard InChI is InChI=1S/C14H25N3O/c1-4-13-12(10-15-11-6-7-11)14(5-2)17(16-13)8-9-18-3/h11,15H,4-10H2,1-3H3. The van der Waals surface area contributed by atoms with Gasteiger partial charge in [0, 0.05) is 31.0 Å². The molecule has 4 heteroatoms. The van der Waals surface area contributed by atoms with Crippen LogP contribution in [0.5, 0.6) is 0 Å². The third-order valence-electron chi connectivity index (χ3n) is 3.57. The Hall–Kier alpha value is -0.870. The highest BCUT2D eigenvalue weighted by atomic mass is 16.5. The van der Waals surface area contributed by atoms with E-state index in [1.165, 1.54) is 29.8 Å². The number of hydrogen-bond acceptors (Lipinski definition) is 3. The number of ether oxygens (including phenoxy) is 1. The number of nitrogens with one attached hydrogen (secondary N) is 1. The van der Waals surface area contributed by atoms with Gasteiger partial charge in [0.05, 0.1) is 18.8 Å². The van der Waals surface area contributed by atoms with Crippen LogP contribution >= 0.6 is 0 Å². The summed E-state index contributed by atoms with van der Waals surface area (Å²) in [7, 11) is 1.74. The lowest BCUT2D eigenvalue weighted by atomic mass is 10.1. The van der Waals surface area contributed by atoms with E-state index in [1.54, 1.807) is 7.11 Å². The van der Waals surface area contributed by atoms with Gasteiger partial charge in [-0.05, 0) is 25.7 Å². The van der Waals surface area contributed by atoms with Crippen molar-refractivity contribution in [1.82, 2.24) is 15.1 Å². The predicted molar refractivity (Wildman–Crippen MR) is 72.7 cm³/mol. The van der Waals surface area contributed by atoms with E-state index in [0.717, 1.165) is 38.6 Å². The molecule has 1 saturated carbocycles. The summed E-state index contributed by atoms with van der Waals surface area (Å²) in [6.07, 6.45) is 4.72. The fraction of sp³-hybridized carbons (Fsp3) is 0.786. The van der Waals surface area contributed by atoms with Gasteiger partial charge in [0.1, 0.15) is 0 Å². The lowest BCUT2D eigenvalue weighted by Crippen LogP contribution is -2.17. The van der Waals surface area contributed by atoms with Gasteiger partial charge in [0.15, 0.2) is 0 Å². The molecule has 0 bridgehead atoms. The SMILES string of the molecule is CCc1nn(CCOC)c(CC)c1CNC1CC1. The van der Waals surface area contributed by atoms with Gasteiger partial charge in [0.2, 0.25) is 0 Å². The Balaban J connectivity index is 2.13. The maximum Gasteiger partial charge on any atom is 0.0669 e. The summed E-state index contributed by atoms with van der Waals surface area (Å²) in [4.78, 5) is 0. The van der Waals surface area contributed by atoms with Crippen LogP contribution in [0.25, 0.3) is 0 Å². The molecule has 2 rings (SSSR count). The van der Waals surface area contributed by atoms with E-state index < -0.39 is 0 Å². The van der Waals surface area contributed by atoms with Crippen molar-refractivity contribution >= 4 is 0 Å². The quantitative estimate of drug-likeness (QED) is 0.767. The van der Waals surface area contributed by atoms with E-state index in [0.29, 0.717) is 0 Å². The van der Waals surface area contributed by atoms with Crippen LogP contribution in [0.2, 0.25) is 0 Å². The highest BCUT2D eigenvalue weighted by molar-refractivity contribution is 5.27. The molecule has 1 aliphatic carbocycles. The van der Waals surface area contributed by atoms with Crippen molar-refractivity contribution in [3.8, 4) is 0 Å². The first kappa shape index (κ1) is 13.6. The van der Waals surface area contributed by atoms with E-state index >= 15 is 0 Å². The molecular formula is C14H25N3O. The molecule has 1 fully saturated rings. The van der Waals surface area contributed by atoms with Crippen molar-refractivity contribution in [3.63, 3.8) is 0 Å². The van der Waals surface area contributed by atoms with Crippen molar-refractivity contribution in [2.24, 2.45) is 0 Å². The van der Waals surface area contributed by atoms with Crippen LogP contribution in [-0.2, 0) is 30.7 Å². The fourth-order valence-electron chi connectivity index (χ4n) is 2.37. The van der Waals surface area contributed by atoms with E-state index in [1.807, 2.05) is 0 Å². The number of aryl methyl sites for hydroxylation is 1. The minimum absolute atomic E-state index is 0.729. The van der Waals surface area contributed by atoms with Gasteiger partial charge in [-0.3, -0.25) is 4.68 Å². The van der Waals surface area contributed by atoms with Crippen LogP contribution in [0.3, 0.4) is 0 Å². The molecule has 4 nitrogen and oxygen atoms in total. The van der Waals surface area contributed by atoms with Crippen LogP contribution in [-0.4, -0.2) is 29.5 Å². The maximum atomic E-state index is 5.16. The van der Waals surface area contributed by atoms with E-state index in [4.69, 9.17) is 9.84 Å². The Morgan fingerprint density at radius 1 is 1.33 bits per heavy atom. The smallest absolute Gasteiger partial charge is 0.0669 e. The molecule has 0 aromatic carbocycles. The molecule has 1 N–H and O–H groups in total. The molecule has 0 atom stereocenters. The van der Waals surface area contributed by atoms with Crippen molar-refractivity contribution in [2.45, 2.75) is 58.7 Å². The fourth-order valence-corrected chi connectivity index (χ4v) is 2.37. The normalized spacial score (nSPS) is 15.3. The lowest BCUT2D eigenvalue weighted by Gasteiger charge is -2.08. The van der Waals surface area contributed by atoms with E-state index in [-0.39, 0.29) is 0 Å². The summed E-state index contributed by atoms with van der Waals surface area (Å²) in [5, 5.41) is 8.34. The molecule has 0 spiro atoms. The predicted octanol–water partition coefficient (Wildman–Crippen LogP) is 1.91. The van der Waals surface area contributed by atoms with Crippen LogP contribution < -0.4 is 5.32 Å².